The highest BCUT2D eigenvalue weighted by Crippen LogP contribution is 2.32. The van der Waals surface area contributed by atoms with Gasteiger partial charge in [0.1, 0.15) is 5.92 Å². The zero-order chi connectivity index (χ0) is 13.9. The molecule has 1 fully saturated rings. The molecule has 1 aliphatic rings. The molecule has 18 heavy (non-hydrogen) atoms. The van der Waals surface area contributed by atoms with Crippen LogP contribution in [0.1, 0.15) is 33.6 Å². The summed E-state index contributed by atoms with van der Waals surface area (Å²) >= 11 is 0. The molecule has 4 nitrogen and oxygen atoms in total. The molecular weight excluding hydrogens is 230 g/mol. The summed E-state index contributed by atoms with van der Waals surface area (Å²) in [5, 5.41) is 9.25. The first-order valence-electron chi connectivity index (χ1n) is 6.22. The topological polar surface area (TPSA) is 57.6 Å². The second-order valence-corrected chi connectivity index (χ2v) is 6.00. The number of terminal acetylenes is 1. The smallest absolute Gasteiger partial charge is 0.316 e. The molecule has 1 saturated carbocycles. The zero-order valence-electron chi connectivity index (χ0n) is 11.3. The Labute approximate surface area is 108 Å². The molecular formula is C14H21NO3. The van der Waals surface area contributed by atoms with E-state index in [1.165, 1.54) is 4.90 Å². The minimum atomic E-state index is -1.08. The van der Waals surface area contributed by atoms with Gasteiger partial charge in [0.15, 0.2) is 0 Å². The maximum absolute atomic E-state index is 12.3. The molecule has 1 amide bonds. The predicted molar refractivity (Wildman–Crippen MR) is 68.7 cm³/mol. The van der Waals surface area contributed by atoms with Crippen molar-refractivity contribution in [2.45, 2.75) is 33.6 Å². The van der Waals surface area contributed by atoms with Gasteiger partial charge in [0, 0.05) is 6.54 Å². The number of aliphatic carboxylic acids is 1. The van der Waals surface area contributed by atoms with Gasteiger partial charge in [-0.25, -0.2) is 0 Å². The van der Waals surface area contributed by atoms with Gasteiger partial charge in [0.05, 0.1) is 6.54 Å². The second-order valence-electron chi connectivity index (χ2n) is 6.00. The molecule has 1 unspecified atom stereocenters. The standard InChI is InChI=1S/C14H21NO3/c1-5-8-15(9-10-6-7-10)12(16)11(13(17)18)14(2,3)4/h1,10-11H,6-9H2,2-4H3,(H,17,18). The van der Waals surface area contributed by atoms with E-state index >= 15 is 0 Å². The van der Waals surface area contributed by atoms with Crippen LogP contribution in [-0.4, -0.2) is 35.0 Å². The molecule has 0 aliphatic heterocycles. The second kappa shape index (κ2) is 5.43. The van der Waals surface area contributed by atoms with Crippen molar-refractivity contribution in [2.24, 2.45) is 17.3 Å². The van der Waals surface area contributed by atoms with Gasteiger partial charge in [0.2, 0.25) is 5.91 Å². The van der Waals surface area contributed by atoms with E-state index in [0.29, 0.717) is 12.5 Å². The van der Waals surface area contributed by atoms with Crippen molar-refractivity contribution < 1.29 is 14.7 Å². The van der Waals surface area contributed by atoms with Gasteiger partial charge >= 0.3 is 5.97 Å². The van der Waals surface area contributed by atoms with E-state index in [0.717, 1.165) is 12.8 Å². The van der Waals surface area contributed by atoms with Crippen LogP contribution in [0.25, 0.3) is 0 Å². The summed E-state index contributed by atoms with van der Waals surface area (Å²) in [5.41, 5.74) is -0.612. The van der Waals surface area contributed by atoms with E-state index < -0.39 is 17.3 Å². The Hall–Kier alpha value is -1.50. The molecule has 0 aromatic rings. The van der Waals surface area contributed by atoms with Gasteiger partial charge in [-0.3, -0.25) is 9.59 Å². The number of hydrogen-bond acceptors (Lipinski definition) is 2. The Morgan fingerprint density at radius 3 is 2.33 bits per heavy atom. The molecule has 100 valence electrons. The van der Waals surface area contributed by atoms with E-state index in [-0.39, 0.29) is 12.5 Å². The fraction of sp³-hybridized carbons (Fsp3) is 0.714. The summed E-state index contributed by atoms with van der Waals surface area (Å²) < 4.78 is 0. The SMILES string of the molecule is C#CCN(CC1CC1)C(=O)C(C(=O)O)C(C)(C)C. The molecule has 0 radical (unpaired) electrons. The Bertz CT molecular complexity index is 371. The monoisotopic (exact) mass is 251 g/mol. The summed E-state index contributed by atoms with van der Waals surface area (Å²) in [6, 6.07) is 0. The Morgan fingerprint density at radius 1 is 1.44 bits per heavy atom. The zero-order valence-corrected chi connectivity index (χ0v) is 11.3. The lowest BCUT2D eigenvalue weighted by molar-refractivity contribution is -0.156. The average Bonchev–Trinajstić information content (AvgIpc) is 2.97. The van der Waals surface area contributed by atoms with Crippen LogP contribution in [-0.2, 0) is 9.59 Å². The minimum Gasteiger partial charge on any atom is -0.481 e. The fourth-order valence-electron chi connectivity index (χ4n) is 1.98. The molecule has 1 N–H and O–H groups in total. The van der Waals surface area contributed by atoms with Crippen LogP contribution in [0.15, 0.2) is 0 Å². The lowest BCUT2D eigenvalue weighted by Crippen LogP contribution is -2.46. The molecule has 0 bridgehead atoms. The fourth-order valence-corrected chi connectivity index (χ4v) is 1.98. The highest BCUT2D eigenvalue weighted by molar-refractivity contribution is 5.97. The summed E-state index contributed by atoms with van der Waals surface area (Å²) in [6.45, 7) is 6.05. The van der Waals surface area contributed by atoms with Gasteiger partial charge in [-0.05, 0) is 24.2 Å². The third kappa shape index (κ3) is 3.76. The van der Waals surface area contributed by atoms with E-state index in [1.54, 1.807) is 20.8 Å². The van der Waals surface area contributed by atoms with Gasteiger partial charge in [-0.15, -0.1) is 6.42 Å². The number of hydrogen-bond donors (Lipinski definition) is 1. The number of carboxylic acid groups (broad SMARTS) is 1. The van der Waals surface area contributed by atoms with E-state index in [9.17, 15) is 14.7 Å². The molecule has 0 spiro atoms. The normalized spacial score (nSPS) is 16.8. The molecule has 0 aromatic carbocycles. The van der Waals surface area contributed by atoms with Gasteiger partial charge in [-0.1, -0.05) is 26.7 Å². The van der Waals surface area contributed by atoms with Crippen molar-refractivity contribution in [1.29, 1.82) is 0 Å². The first-order chi connectivity index (χ1) is 8.27. The van der Waals surface area contributed by atoms with Crippen molar-refractivity contribution in [3.05, 3.63) is 0 Å². The van der Waals surface area contributed by atoms with E-state index in [4.69, 9.17) is 6.42 Å². The van der Waals surface area contributed by atoms with Crippen LogP contribution in [0.3, 0.4) is 0 Å². The van der Waals surface area contributed by atoms with Crippen LogP contribution in [0.4, 0.5) is 0 Å². The number of nitrogens with zero attached hydrogens (tertiary/aromatic N) is 1. The number of rotatable bonds is 5. The number of carbonyl (C=O) groups excluding carboxylic acids is 1. The molecule has 4 heteroatoms. The molecule has 0 saturated heterocycles. The summed E-state index contributed by atoms with van der Waals surface area (Å²) in [6.07, 6.45) is 7.45. The van der Waals surface area contributed by atoms with Crippen LogP contribution >= 0.6 is 0 Å². The number of amides is 1. The summed E-state index contributed by atoms with van der Waals surface area (Å²) in [7, 11) is 0. The summed E-state index contributed by atoms with van der Waals surface area (Å²) in [5.74, 6) is 0.459. The number of carboxylic acids is 1. The first kappa shape index (κ1) is 14.6. The predicted octanol–water partition coefficient (Wildman–Crippen LogP) is 1.61. The Kier molecular flexibility index (Phi) is 4.39. The molecule has 1 rings (SSSR count). The van der Waals surface area contributed by atoms with Crippen molar-refractivity contribution in [1.82, 2.24) is 4.90 Å². The molecule has 1 atom stereocenters. The molecule has 0 heterocycles. The quantitative estimate of drug-likeness (QED) is 0.596. The van der Waals surface area contributed by atoms with Crippen molar-refractivity contribution in [2.75, 3.05) is 13.1 Å². The third-order valence-corrected chi connectivity index (χ3v) is 3.13. The van der Waals surface area contributed by atoms with Crippen LogP contribution in [0.5, 0.6) is 0 Å². The average molecular weight is 251 g/mol. The van der Waals surface area contributed by atoms with Crippen LogP contribution in [0.2, 0.25) is 0 Å². The number of carbonyl (C=O) groups is 2. The maximum Gasteiger partial charge on any atom is 0.316 e. The van der Waals surface area contributed by atoms with Gasteiger partial charge in [-0.2, -0.15) is 0 Å². The highest BCUT2D eigenvalue weighted by Gasteiger charge is 2.41. The van der Waals surface area contributed by atoms with E-state index in [1.807, 2.05) is 0 Å². The van der Waals surface area contributed by atoms with E-state index in [2.05, 4.69) is 5.92 Å². The van der Waals surface area contributed by atoms with Crippen molar-refractivity contribution in [3.63, 3.8) is 0 Å². The lowest BCUT2D eigenvalue weighted by Gasteiger charge is -2.31. The highest BCUT2D eigenvalue weighted by atomic mass is 16.4. The van der Waals surface area contributed by atoms with Crippen LogP contribution < -0.4 is 0 Å². The van der Waals surface area contributed by atoms with Gasteiger partial charge < -0.3 is 10.0 Å². The Morgan fingerprint density at radius 2 is 2.00 bits per heavy atom. The molecule has 1 aliphatic carbocycles. The lowest BCUT2D eigenvalue weighted by atomic mass is 9.80. The van der Waals surface area contributed by atoms with Gasteiger partial charge in [0.25, 0.3) is 0 Å². The largest absolute Gasteiger partial charge is 0.481 e. The third-order valence-electron chi connectivity index (χ3n) is 3.13. The van der Waals surface area contributed by atoms with Crippen molar-refractivity contribution >= 4 is 11.9 Å². The first-order valence-corrected chi connectivity index (χ1v) is 6.22. The van der Waals surface area contributed by atoms with Crippen molar-refractivity contribution in [3.8, 4) is 12.3 Å². The Balaban J connectivity index is 2.84. The minimum absolute atomic E-state index is 0.190. The summed E-state index contributed by atoms with van der Waals surface area (Å²) in [4.78, 5) is 25.1. The molecule has 0 aromatic heterocycles. The van der Waals surface area contributed by atoms with Crippen LogP contribution in [0, 0.1) is 29.6 Å². The maximum atomic E-state index is 12.3.